The van der Waals surface area contributed by atoms with Crippen molar-refractivity contribution in [3.63, 3.8) is 0 Å². The van der Waals surface area contributed by atoms with Crippen LogP contribution in [0.15, 0.2) is 18.2 Å². The van der Waals surface area contributed by atoms with Crippen LogP contribution in [-0.4, -0.2) is 6.61 Å². The molecular formula is C12H17FO. The Bertz CT molecular complexity index is 296. The molecule has 0 spiro atoms. The third-order valence-electron chi connectivity index (χ3n) is 2.31. The Morgan fingerprint density at radius 2 is 2.14 bits per heavy atom. The normalized spacial score (nSPS) is 12.6. The van der Waals surface area contributed by atoms with Crippen molar-refractivity contribution in [2.24, 2.45) is 5.92 Å². The van der Waals surface area contributed by atoms with Gasteiger partial charge in [0.15, 0.2) is 11.6 Å². The molecule has 0 heterocycles. The third-order valence-corrected chi connectivity index (χ3v) is 2.31. The number of halogens is 1. The van der Waals surface area contributed by atoms with Crippen LogP contribution in [0.5, 0.6) is 5.75 Å². The maximum absolute atomic E-state index is 13.3. The van der Waals surface area contributed by atoms with Crippen molar-refractivity contribution in [2.45, 2.75) is 27.2 Å². The molecule has 78 valence electrons. The Kier molecular flexibility index (Phi) is 3.93. The predicted molar refractivity (Wildman–Crippen MR) is 56.1 cm³/mol. The van der Waals surface area contributed by atoms with E-state index < -0.39 is 0 Å². The minimum atomic E-state index is -0.270. The summed E-state index contributed by atoms with van der Waals surface area (Å²) in [5.74, 6) is 0.555. The second kappa shape index (κ2) is 4.99. The Morgan fingerprint density at radius 3 is 2.71 bits per heavy atom. The van der Waals surface area contributed by atoms with Gasteiger partial charge in [-0.1, -0.05) is 26.3 Å². The van der Waals surface area contributed by atoms with Gasteiger partial charge in [-0.2, -0.15) is 0 Å². The van der Waals surface area contributed by atoms with E-state index in [0.717, 1.165) is 12.0 Å². The first-order valence-corrected chi connectivity index (χ1v) is 5.02. The Balaban J connectivity index is 2.59. The SMILES string of the molecule is CCC(C)COc1ccc(C)cc1F. The van der Waals surface area contributed by atoms with Crippen LogP contribution in [0.4, 0.5) is 4.39 Å². The molecule has 1 atom stereocenters. The number of aryl methyl sites for hydroxylation is 1. The second-order valence-corrected chi connectivity index (χ2v) is 3.76. The molecule has 1 unspecified atom stereocenters. The minimum Gasteiger partial charge on any atom is -0.490 e. The first-order chi connectivity index (χ1) is 6.63. The summed E-state index contributed by atoms with van der Waals surface area (Å²) >= 11 is 0. The predicted octanol–water partition coefficient (Wildman–Crippen LogP) is 3.56. The van der Waals surface area contributed by atoms with Crippen LogP contribution in [0.3, 0.4) is 0 Å². The Hall–Kier alpha value is -1.05. The van der Waals surface area contributed by atoms with Gasteiger partial charge in [-0.15, -0.1) is 0 Å². The minimum absolute atomic E-state index is 0.270. The largest absolute Gasteiger partial charge is 0.490 e. The van der Waals surface area contributed by atoms with E-state index in [9.17, 15) is 4.39 Å². The van der Waals surface area contributed by atoms with E-state index in [-0.39, 0.29) is 5.82 Å². The number of hydrogen-bond donors (Lipinski definition) is 0. The average molecular weight is 196 g/mol. The smallest absolute Gasteiger partial charge is 0.165 e. The molecule has 0 N–H and O–H groups in total. The zero-order chi connectivity index (χ0) is 10.6. The van der Waals surface area contributed by atoms with E-state index in [1.54, 1.807) is 6.07 Å². The molecule has 0 aliphatic heterocycles. The lowest BCUT2D eigenvalue weighted by atomic mass is 10.1. The molecule has 0 saturated heterocycles. The highest BCUT2D eigenvalue weighted by molar-refractivity contribution is 5.28. The molecule has 0 fully saturated rings. The Morgan fingerprint density at radius 1 is 1.43 bits per heavy atom. The van der Waals surface area contributed by atoms with Gasteiger partial charge < -0.3 is 4.74 Å². The summed E-state index contributed by atoms with van der Waals surface area (Å²) < 4.78 is 18.6. The lowest BCUT2D eigenvalue weighted by molar-refractivity contribution is 0.246. The lowest BCUT2D eigenvalue weighted by Gasteiger charge is -2.11. The summed E-state index contributed by atoms with van der Waals surface area (Å²) in [5, 5.41) is 0. The van der Waals surface area contributed by atoms with Gasteiger partial charge in [0, 0.05) is 0 Å². The Labute approximate surface area is 84.9 Å². The van der Waals surface area contributed by atoms with E-state index in [1.165, 1.54) is 6.07 Å². The third kappa shape index (κ3) is 3.02. The molecule has 0 aromatic heterocycles. The molecule has 0 saturated carbocycles. The molecule has 0 amide bonds. The van der Waals surface area contributed by atoms with E-state index in [1.807, 2.05) is 13.0 Å². The summed E-state index contributed by atoms with van der Waals surface area (Å²) in [5.41, 5.74) is 0.915. The summed E-state index contributed by atoms with van der Waals surface area (Å²) in [4.78, 5) is 0. The van der Waals surface area contributed by atoms with Crippen LogP contribution in [-0.2, 0) is 0 Å². The summed E-state index contributed by atoms with van der Waals surface area (Å²) in [6, 6.07) is 5.04. The molecule has 0 bridgehead atoms. The standard InChI is InChI=1S/C12H17FO/c1-4-9(2)8-14-12-6-5-10(3)7-11(12)13/h5-7,9H,4,8H2,1-3H3. The van der Waals surface area contributed by atoms with E-state index in [4.69, 9.17) is 4.74 Å². The molecule has 14 heavy (non-hydrogen) atoms. The van der Waals surface area contributed by atoms with Gasteiger partial charge in [0.05, 0.1) is 6.61 Å². The van der Waals surface area contributed by atoms with Gasteiger partial charge >= 0.3 is 0 Å². The first kappa shape index (κ1) is 11.0. The first-order valence-electron chi connectivity index (χ1n) is 5.02. The summed E-state index contributed by atoms with van der Waals surface area (Å²) in [6.45, 7) is 6.63. The van der Waals surface area contributed by atoms with Crippen molar-refractivity contribution in [3.05, 3.63) is 29.6 Å². The van der Waals surface area contributed by atoms with Crippen molar-refractivity contribution >= 4 is 0 Å². The zero-order valence-electron chi connectivity index (χ0n) is 9.01. The quantitative estimate of drug-likeness (QED) is 0.715. The van der Waals surface area contributed by atoms with Gasteiger partial charge in [0.2, 0.25) is 0 Å². The van der Waals surface area contributed by atoms with Crippen molar-refractivity contribution in [3.8, 4) is 5.75 Å². The molecule has 2 heteroatoms. The van der Waals surface area contributed by atoms with Crippen LogP contribution < -0.4 is 4.74 Å². The van der Waals surface area contributed by atoms with Crippen LogP contribution >= 0.6 is 0 Å². The van der Waals surface area contributed by atoms with E-state index in [0.29, 0.717) is 18.3 Å². The maximum Gasteiger partial charge on any atom is 0.165 e. The zero-order valence-corrected chi connectivity index (χ0v) is 9.01. The summed E-state index contributed by atoms with van der Waals surface area (Å²) in [6.07, 6.45) is 1.05. The number of ether oxygens (including phenoxy) is 1. The lowest BCUT2D eigenvalue weighted by Crippen LogP contribution is -2.08. The van der Waals surface area contributed by atoms with E-state index >= 15 is 0 Å². The van der Waals surface area contributed by atoms with Gasteiger partial charge in [0.1, 0.15) is 0 Å². The van der Waals surface area contributed by atoms with Crippen LogP contribution in [0, 0.1) is 18.7 Å². The average Bonchev–Trinajstić information content (AvgIpc) is 2.16. The number of hydrogen-bond acceptors (Lipinski definition) is 1. The van der Waals surface area contributed by atoms with Crippen molar-refractivity contribution in [2.75, 3.05) is 6.61 Å². The maximum atomic E-state index is 13.3. The molecule has 1 rings (SSSR count). The van der Waals surface area contributed by atoms with Gasteiger partial charge in [0.25, 0.3) is 0 Å². The topological polar surface area (TPSA) is 9.23 Å². The molecule has 1 nitrogen and oxygen atoms in total. The van der Waals surface area contributed by atoms with Crippen molar-refractivity contribution < 1.29 is 9.13 Å². The highest BCUT2D eigenvalue weighted by Crippen LogP contribution is 2.18. The second-order valence-electron chi connectivity index (χ2n) is 3.76. The molecular weight excluding hydrogens is 179 g/mol. The van der Waals surface area contributed by atoms with Crippen LogP contribution in [0.2, 0.25) is 0 Å². The molecule has 0 aliphatic rings. The van der Waals surface area contributed by atoms with Gasteiger partial charge in [-0.3, -0.25) is 0 Å². The molecule has 1 aromatic rings. The summed E-state index contributed by atoms with van der Waals surface area (Å²) in [7, 11) is 0. The molecule has 1 aromatic carbocycles. The van der Waals surface area contributed by atoms with Crippen LogP contribution in [0.1, 0.15) is 25.8 Å². The fraction of sp³-hybridized carbons (Fsp3) is 0.500. The van der Waals surface area contributed by atoms with Gasteiger partial charge in [-0.25, -0.2) is 4.39 Å². The highest BCUT2D eigenvalue weighted by Gasteiger charge is 2.05. The van der Waals surface area contributed by atoms with Crippen molar-refractivity contribution in [1.82, 2.24) is 0 Å². The monoisotopic (exact) mass is 196 g/mol. The van der Waals surface area contributed by atoms with Gasteiger partial charge in [-0.05, 0) is 30.5 Å². The number of rotatable bonds is 4. The van der Waals surface area contributed by atoms with E-state index in [2.05, 4.69) is 13.8 Å². The van der Waals surface area contributed by atoms with Crippen molar-refractivity contribution in [1.29, 1.82) is 0 Å². The fourth-order valence-corrected chi connectivity index (χ4v) is 1.07. The molecule has 0 radical (unpaired) electrons. The van der Waals surface area contributed by atoms with Crippen LogP contribution in [0.25, 0.3) is 0 Å². The number of benzene rings is 1. The fourth-order valence-electron chi connectivity index (χ4n) is 1.07. The highest BCUT2D eigenvalue weighted by atomic mass is 19.1. The molecule has 0 aliphatic carbocycles.